The van der Waals surface area contributed by atoms with Gasteiger partial charge >= 0.3 is 5.97 Å². The van der Waals surface area contributed by atoms with Gasteiger partial charge in [-0.05, 0) is 49.6 Å². The van der Waals surface area contributed by atoms with Crippen LogP contribution >= 0.6 is 11.3 Å². The average molecular weight is 352 g/mol. The highest BCUT2D eigenvalue weighted by molar-refractivity contribution is 7.12. The van der Waals surface area contributed by atoms with Crippen LogP contribution in [-0.4, -0.2) is 33.5 Å². The van der Waals surface area contributed by atoms with Crippen LogP contribution < -0.4 is 0 Å². The Morgan fingerprint density at radius 3 is 2.92 bits per heavy atom. The second-order valence-corrected chi connectivity index (χ2v) is 7.87. The molecule has 1 aliphatic heterocycles. The molecule has 1 aliphatic rings. The predicted octanol–water partition coefficient (Wildman–Crippen LogP) is 4.24. The molecule has 128 valence electrons. The minimum absolute atomic E-state index is 0.0561. The number of carboxylic acids is 1. The van der Waals surface area contributed by atoms with E-state index in [1.807, 2.05) is 24.4 Å². The molecule has 0 spiro atoms. The maximum absolute atomic E-state index is 11.7. The fraction of sp³-hybridized carbons (Fsp3) is 0.300. The van der Waals surface area contributed by atoms with Gasteiger partial charge in [0.05, 0.1) is 11.6 Å². The number of aromatic nitrogens is 1. The lowest BCUT2D eigenvalue weighted by Gasteiger charge is -2.30. The molecule has 0 amide bonds. The van der Waals surface area contributed by atoms with Gasteiger partial charge < -0.3 is 5.11 Å². The van der Waals surface area contributed by atoms with Crippen molar-refractivity contribution in [1.29, 1.82) is 0 Å². The number of nitrogens with zero attached hydrogens (tertiary/aromatic N) is 2. The van der Waals surface area contributed by atoms with Gasteiger partial charge in [-0.2, -0.15) is 0 Å². The third-order valence-corrected chi connectivity index (χ3v) is 5.92. The minimum Gasteiger partial charge on any atom is -0.480 e. The zero-order valence-electron chi connectivity index (χ0n) is 14.1. The first kappa shape index (κ1) is 16.2. The van der Waals surface area contributed by atoms with Crippen molar-refractivity contribution in [2.75, 3.05) is 6.54 Å². The molecule has 2 atom stereocenters. The van der Waals surface area contributed by atoms with Crippen LogP contribution in [0.25, 0.3) is 10.9 Å². The van der Waals surface area contributed by atoms with E-state index in [1.165, 1.54) is 9.75 Å². The van der Waals surface area contributed by atoms with Gasteiger partial charge in [0, 0.05) is 27.9 Å². The van der Waals surface area contributed by atoms with E-state index < -0.39 is 12.0 Å². The number of aryl methyl sites for hydroxylation is 1. The molecular formula is C20H20N2O2S. The molecule has 1 fully saturated rings. The Balaban J connectivity index is 1.83. The number of rotatable bonds is 4. The molecule has 3 aromatic rings. The monoisotopic (exact) mass is 352 g/mol. The summed E-state index contributed by atoms with van der Waals surface area (Å²) in [5, 5.41) is 10.7. The number of carboxylic acid groups (broad SMARTS) is 1. The second kappa shape index (κ2) is 6.58. The summed E-state index contributed by atoms with van der Waals surface area (Å²) in [6.07, 6.45) is 3.52. The minimum atomic E-state index is -0.732. The first-order chi connectivity index (χ1) is 12.1. The number of thiophene rings is 1. The lowest BCUT2D eigenvalue weighted by atomic mass is 10.0. The van der Waals surface area contributed by atoms with Gasteiger partial charge in [-0.25, -0.2) is 0 Å². The number of aliphatic carboxylic acids is 1. The van der Waals surface area contributed by atoms with Crippen LogP contribution in [0.2, 0.25) is 0 Å². The molecule has 3 heterocycles. The van der Waals surface area contributed by atoms with Gasteiger partial charge in [-0.1, -0.05) is 18.2 Å². The number of pyridine rings is 1. The smallest absolute Gasteiger partial charge is 0.320 e. The Labute approximate surface area is 150 Å². The fourth-order valence-electron chi connectivity index (χ4n) is 3.72. The largest absolute Gasteiger partial charge is 0.480 e. The van der Waals surface area contributed by atoms with E-state index in [0.717, 1.165) is 29.4 Å². The quantitative estimate of drug-likeness (QED) is 0.763. The van der Waals surface area contributed by atoms with E-state index in [0.29, 0.717) is 6.42 Å². The van der Waals surface area contributed by atoms with Gasteiger partial charge in [0.2, 0.25) is 0 Å². The molecule has 2 unspecified atom stereocenters. The van der Waals surface area contributed by atoms with Gasteiger partial charge in [-0.15, -0.1) is 11.3 Å². The highest BCUT2D eigenvalue weighted by atomic mass is 32.1. The number of hydrogen-bond donors (Lipinski definition) is 1. The van der Waals surface area contributed by atoms with Crippen molar-refractivity contribution in [1.82, 2.24) is 9.88 Å². The van der Waals surface area contributed by atoms with Crippen molar-refractivity contribution in [3.63, 3.8) is 0 Å². The summed E-state index contributed by atoms with van der Waals surface area (Å²) >= 11 is 1.73. The summed E-state index contributed by atoms with van der Waals surface area (Å²) in [5.74, 6) is -0.732. The molecule has 0 bridgehead atoms. The van der Waals surface area contributed by atoms with Gasteiger partial charge in [0.15, 0.2) is 0 Å². The molecule has 0 saturated carbocycles. The second-order valence-electron chi connectivity index (χ2n) is 6.55. The van der Waals surface area contributed by atoms with E-state index in [2.05, 4.69) is 41.1 Å². The Morgan fingerprint density at radius 1 is 1.32 bits per heavy atom. The molecule has 4 nitrogen and oxygen atoms in total. The van der Waals surface area contributed by atoms with E-state index in [4.69, 9.17) is 0 Å². The Kier molecular flexibility index (Phi) is 4.27. The van der Waals surface area contributed by atoms with Crippen molar-refractivity contribution < 1.29 is 9.90 Å². The van der Waals surface area contributed by atoms with Crippen molar-refractivity contribution in [2.45, 2.75) is 31.8 Å². The van der Waals surface area contributed by atoms with Crippen LogP contribution in [0.5, 0.6) is 0 Å². The molecule has 5 heteroatoms. The maximum Gasteiger partial charge on any atom is 0.320 e. The third kappa shape index (κ3) is 3.05. The number of para-hydroxylation sites is 1. The molecule has 4 rings (SSSR count). The standard InChI is InChI=1S/C20H20N2O2S/c1-13-8-9-18(25-13)19(22-10-4-7-17(22)20(23)24)15-11-14-5-2-3-6-16(14)21-12-15/h2-3,5-6,8-9,11-12,17,19H,4,7,10H2,1H3,(H,23,24). The average Bonchev–Trinajstić information content (AvgIpc) is 3.25. The number of likely N-dealkylation sites (tertiary alicyclic amines) is 1. The van der Waals surface area contributed by atoms with Crippen LogP contribution in [0, 0.1) is 6.92 Å². The van der Waals surface area contributed by atoms with E-state index in [-0.39, 0.29) is 6.04 Å². The van der Waals surface area contributed by atoms with Crippen LogP contribution in [0.1, 0.15) is 34.2 Å². The molecular weight excluding hydrogens is 332 g/mol. The van der Waals surface area contributed by atoms with Crippen molar-refractivity contribution >= 4 is 28.2 Å². The van der Waals surface area contributed by atoms with Gasteiger partial charge in [0.25, 0.3) is 0 Å². The summed E-state index contributed by atoms with van der Waals surface area (Å²) in [6.45, 7) is 2.88. The Bertz CT molecular complexity index is 921. The first-order valence-corrected chi connectivity index (χ1v) is 9.35. The number of carbonyl (C=O) groups is 1. The fourth-order valence-corrected chi connectivity index (χ4v) is 4.75. The zero-order valence-corrected chi connectivity index (χ0v) is 14.9. The van der Waals surface area contributed by atoms with Crippen molar-refractivity contribution in [3.05, 3.63) is 64.0 Å². The summed E-state index contributed by atoms with van der Waals surface area (Å²) in [4.78, 5) is 20.9. The highest BCUT2D eigenvalue weighted by Gasteiger charge is 2.37. The van der Waals surface area contributed by atoms with Crippen LogP contribution in [-0.2, 0) is 4.79 Å². The van der Waals surface area contributed by atoms with Crippen molar-refractivity contribution in [3.8, 4) is 0 Å². The highest BCUT2D eigenvalue weighted by Crippen LogP contribution is 2.38. The molecule has 1 aromatic carbocycles. The third-order valence-electron chi connectivity index (χ3n) is 4.87. The summed E-state index contributed by atoms with van der Waals surface area (Å²) in [6, 6.07) is 13.9. The Hall–Kier alpha value is -2.24. The lowest BCUT2D eigenvalue weighted by Crippen LogP contribution is -2.39. The topological polar surface area (TPSA) is 53.4 Å². The van der Waals surface area contributed by atoms with Gasteiger partial charge in [-0.3, -0.25) is 14.7 Å². The molecule has 0 radical (unpaired) electrons. The summed E-state index contributed by atoms with van der Waals surface area (Å²) in [5.41, 5.74) is 2.03. The normalized spacial score (nSPS) is 19.3. The van der Waals surface area contributed by atoms with E-state index >= 15 is 0 Å². The number of benzene rings is 1. The molecule has 2 aromatic heterocycles. The molecule has 25 heavy (non-hydrogen) atoms. The van der Waals surface area contributed by atoms with Crippen LogP contribution in [0.15, 0.2) is 48.7 Å². The number of fused-ring (bicyclic) bond motifs is 1. The zero-order chi connectivity index (χ0) is 17.4. The summed E-state index contributed by atoms with van der Waals surface area (Å²) in [7, 11) is 0. The number of hydrogen-bond acceptors (Lipinski definition) is 4. The summed E-state index contributed by atoms with van der Waals surface area (Å²) < 4.78 is 0. The van der Waals surface area contributed by atoms with Crippen LogP contribution in [0.4, 0.5) is 0 Å². The van der Waals surface area contributed by atoms with E-state index in [1.54, 1.807) is 11.3 Å². The molecule has 0 aliphatic carbocycles. The van der Waals surface area contributed by atoms with Gasteiger partial charge in [0.1, 0.15) is 6.04 Å². The van der Waals surface area contributed by atoms with Crippen molar-refractivity contribution in [2.24, 2.45) is 0 Å². The van der Waals surface area contributed by atoms with E-state index in [9.17, 15) is 9.90 Å². The molecule has 1 N–H and O–H groups in total. The Morgan fingerprint density at radius 2 is 2.16 bits per heavy atom. The maximum atomic E-state index is 11.7. The SMILES string of the molecule is Cc1ccc(C(c2cnc3ccccc3c2)N2CCCC2C(=O)O)s1. The molecule has 1 saturated heterocycles. The predicted molar refractivity (Wildman–Crippen MR) is 100 cm³/mol. The first-order valence-electron chi connectivity index (χ1n) is 8.53. The van der Waals surface area contributed by atoms with Crippen LogP contribution in [0.3, 0.4) is 0 Å². The lowest BCUT2D eigenvalue weighted by molar-refractivity contribution is -0.142.